The summed E-state index contributed by atoms with van der Waals surface area (Å²) >= 11 is 1.20. The molecule has 0 unspecified atom stereocenters. The van der Waals surface area contributed by atoms with Gasteiger partial charge in [0.25, 0.3) is 0 Å². The van der Waals surface area contributed by atoms with Crippen molar-refractivity contribution in [2.24, 2.45) is 0 Å². The number of carbonyl (C=O) groups is 2. The monoisotopic (exact) mass is 429 g/mol. The summed E-state index contributed by atoms with van der Waals surface area (Å²) < 4.78 is 43.6. The van der Waals surface area contributed by atoms with Crippen molar-refractivity contribution in [3.05, 3.63) is 45.9 Å². The van der Waals surface area contributed by atoms with E-state index in [4.69, 9.17) is 4.74 Å². The lowest BCUT2D eigenvalue weighted by atomic mass is 10.1. The zero-order valence-corrected chi connectivity index (χ0v) is 17.3. The molecule has 0 aliphatic heterocycles. The van der Waals surface area contributed by atoms with E-state index in [1.807, 2.05) is 0 Å². The van der Waals surface area contributed by atoms with Crippen LogP contribution in [0.3, 0.4) is 0 Å². The molecule has 0 saturated carbocycles. The molecule has 6 nitrogen and oxygen atoms in total. The maximum Gasteiger partial charge on any atom is 0.416 e. The summed E-state index contributed by atoms with van der Waals surface area (Å²) in [5.41, 5.74) is -1.32. The molecular formula is C19H22F3N3O3S. The van der Waals surface area contributed by atoms with Gasteiger partial charge in [-0.2, -0.15) is 13.2 Å². The number of benzene rings is 1. The lowest BCUT2D eigenvalue weighted by molar-refractivity contribution is -0.137. The van der Waals surface area contributed by atoms with Crippen molar-refractivity contribution < 1.29 is 27.5 Å². The maximum atomic E-state index is 12.9. The number of anilines is 1. The smallest absolute Gasteiger partial charge is 0.416 e. The number of nitrogens with zero attached hydrogens (tertiary/aromatic N) is 2. The van der Waals surface area contributed by atoms with Gasteiger partial charge in [0.15, 0.2) is 5.69 Å². The Bertz CT molecular complexity index is 875. The number of alkyl halides is 3. The SMILES string of the molecule is CCOC(=O)c1csc(CN(C(=O)Nc2cccc(C(F)(F)F)c2)C(C)(C)C)n1. The normalized spacial score (nSPS) is 11.8. The molecule has 0 aliphatic rings. The van der Waals surface area contributed by atoms with Crippen molar-refractivity contribution in [2.75, 3.05) is 11.9 Å². The van der Waals surface area contributed by atoms with Crippen LogP contribution in [0.5, 0.6) is 0 Å². The van der Waals surface area contributed by atoms with Crippen molar-refractivity contribution in [1.82, 2.24) is 9.88 Å². The molecule has 158 valence electrons. The van der Waals surface area contributed by atoms with Gasteiger partial charge in [-0.25, -0.2) is 14.6 Å². The molecule has 0 radical (unpaired) electrons. The highest BCUT2D eigenvalue weighted by Crippen LogP contribution is 2.31. The number of thiazole rings is 1. The second kappa shape index (κ2) is 8.81. The average Bonchev–Trinajstić information content (AvgIpc) is 3.07. The van der Waals surface area contributed by atoms with Crippen LogP contribution in [0.2, 0.25) is 0 Å². The van der Waals surface area contributed by atoms with Gasteiger partial charge in [-0.1, -0.05) is 6.07 Å². The zero-order valence-electron chi connectivity index (χ0n) is 16.5. The molecule has 2 rings (SSSR count). The number of hydrogen-bond donors (Lipinski definition) is 1. The van der Waals surface area contributed by atoms with Crippen molar-refractivity contribution >= 4 is 29.0 Å². The Hall–Kier alpha value is -2.62. The highest BCUT2D eigenvalue weighted by molar-refractivity contribution is 7.09. The molecule has 1 aromatic heterocycles. The van der Waals surface area contributed by atoms with Crippen molar-refractivity contribution in [3.63, 3.8) is 0 Å². The van der Waals surface area contributed by atoms with Crippen LogP contribution in [0.4, 0.5) is 23.7 Å². The van der Waals surface area contributed by atoms with E-state index in [0.717, 1.165) is 12.1 Å². The molecule has 0 spiro atoms. The van der Waals surface area contributed by atoms with Gasteiger partial charge in [-0.15, -0.1) is 11.3 Å². The highest BCUT2D eigenvalue weighted by atomic mass is 32.1. The van der Waals surface area contributed by atoms with E-state index in [1.165, 1.54) is 28.4 Å². The van der Waals surface area contributed by atoms with Gasteiger partial charge in [0.05, 0.1) is 18.7 Å². The zero-order chi connectivity index (χ0) is 21.8. The van der Waals surface area contributed by atoms with Crippen molar-refractivity contribution in [3.8, 4) is 0 Å². The van der Waals surface area contributed by atoms with E-state index in [-0.39, 0.29) is 24.5 Å². The van der Waals surface area contributed by atoms with E-state index in [1.54, 1.807) is 33.1 Å². The molecule has 2 aromatic rings. The Kier molecular flexibility index (Phi) is 6.89. The minimum Gasteiger partial charge on any atom is -0.461 e. The van der Waals surface area contributed by atoms with Crippen LogP contribution in [0, 0.1) is 0 Å². The van der Waals surface area contributed by atoms with Gasteiger partial charge in [0.1, 0.15) is 5.01 Å². The van der Waals surface area contributed by atoms with E-state index in [0.29, 0.717) is 5.01 Å². The standard InChI is InChI=1S/C19H22F3N3O3S/c1-5-28-16(26)14-11-29-15(24-14)10-25(18(2,3)4)17(27)23-13-8-6-7-12(9-13)19(20,21)22/h6-9,11H,5,10H2,1-4H3,(H,23,27). The highest BCUT2D eigenvalue weighted by Gasteiger charge is 2.31. The minimum absolute atomic E-state index is 0.0328. The summed E-state index contributed by atoms with van der Waals surface area (Å²) in [6.07, 6.45) is -4.51. The van der Waals surface area contributed by atoms with Crippen LogP contribution < -0.4 is 5.32 Å². The number of amides is 2. The summed E-state index contributed by atoms with van der Waals surface area (Å²) in [6.45, 7) is 7.36. The van der Waals surface area contributed by atoms with Gasteiger partial charge < -0.3 is 15.0 Å². The molecule has 0 atom stereocenters. The van der Waals surface area contributed by atoms with Crippen LogP contribution in [0.25, 0.3) is 0 Å². The quantitative estimate of drug-likeness (QED) is 0.666. The van der Waals surface area contributed by atoms with Crippen LogP contribution in [-0.4, -0.2) is 34.0 Å². The van der Waals surface area contributed by atoms with Gasteiger partial charge >= 0.3 is 18.2 Å². The first-order chi connectivity index (χ1) is 13.4. The van der Waals surface area contributed by atoms with Crippen molar-refractivity contribution in [1.29, 1.82) is 0 Å². The fourth-order valence-electron chi connectivity index (χ4n) is 2.40. The Morgan fingerprint density at radius 3 is 2.52 bits per heavy atom. The number of halogens is 3. The lowest BCUT2D eigenvalue weighted by Gasteiger charge is -2.35. The molecule has 1 N–H and O–H groups in total. The van der Waals surface area contributed by atoms with Crippen LogP contribution in [0.15, 0.2) is 29.6 Å². The number of nitrogens with one attached hydrogen (secondary N) is 1. The molecule has 10 heteroatoms. The van der Waals surface area contributed by atoms with Crippen LogP contribution in [0.1, 0.15) is 48.8 Å². The van der Waals surface area contributed by atoms with Gasteiger partial charge in [-0.3, -0.25) is 0 Å². The third kappa shape index (κ3) is 6.18. The largest absolute Gasteiger partial charge is 0.461 e. The summed E-state index contributed by atoms with van der Waals surface area (Å²) in [4.78, 5) is 30.2. The fourth-order valence-corrected chi connectivity index (χ4v) is 3.15. The number of aromatic nitrogens is 1. The second-order valence-electron chi connectivity index (χ2n) is 7.11. The molecule has 0 saturated heterocycles. The molecular weight excluding hydrogens is 407 g/mol. The molecule has 0 fully saturated rings. The Morgan fingerprint density at radius 1 is 1.24 bits per heavy atom. The summed E-state index contributed by atoms with van der Waals surface area (Å²) in [7, 11) is 0. The molecule has 2 amide bonds. The number of urea groups is 1. The van der Waals surface area contributed by atoms with Gasteiger partial charge in [0.2, 0.25) is 0 Å². The summed E-state index contributed by atoms with van der Waals surface area (Å²) in [5.74, 6) is -0.550. The van der Waals surface area contributed by atoms with E-state index >= 15 is 0 Å². The average molecular weight is 429 g/mol. The number of rotatable bonds is 5. The number of ether oxygens (including phenoxy) is 1. The Labute approximate surface area is 170 Å². The van der Waals surface area contributed by atoms with Gasteiger partial charge in [0, 0.05) is 16.6 Å². The number of hydrogen-bond acceptors (Lipinski definition) is 5. The summed E-state index contributed by atoms with van der Waals surface area (Å²) in [5, 5.41) is 4.55. The molecule has 1 heterocycles. The second-order valence-corrected chi connectivity index (χ2v) is 8.06. The van der Waals surface area contributed by atoms with E-state index in [2.05, 4.69) is 10.3 Å². The third-order valence-electron chi connectivity index (χ3n) is 3.83. The first-order valence-corrected chi connectivity index (χ1v) is 9.67. The molecule has 0 bridgehead atoms. The van der Waals surface area contributed by atoms with E-state index in [9.17, 15) is 22.8 Å². The summed E-state index contributed by atoms with van der Waals surface area (Å²) in [6, 6.07) is 3.84. The first kappa shape index (κ1) is 22.7. The molecule has 1 aromatic carbocycles. The molecule has 0 aliphatic carbocycles. The Balaban J connectivity index is 2.19. The Morgan fingerprint density at radius 2 is 1.93 bits per heavy atom. The number of carbonyl (C=O) groups excluding carboxylic acids is 2. The fraction of sp³-hybridized carbons (Fsp3) is 0.421. The predicted octanol–water partition coefficient (Wildman–Crippen LogP) is 5.17. The topological polar surface area (TPSA) is 71.5 Å². The first-order valence-electron chi connectivity index (χ1n) is 8.79. The molecule has 29 heavy (non-hydrogen) atoms. The number of esters is 1. The lowest BCUT2D eigenvalue weighted by Crippen LogP contribution is -2.47. The predicted molar refractivity (Wildman–Crippen MR) is 104 cm³/mol. The maximum absolute atomic E-state index is 12.9. The van der Waals surface area contributed by atoms with E-state index < -0.39 is 29.3 Å². The minimum atomic E-state index is -4.51. The third-order valence-corrected chi connectivity index (χ3v) is 4.66. The van der Waals surface area contributed by atoms with Crippen molar-refractivity contribution in [2.45, 2.75) is 46.0 Å². The van der Waals surface area contributed by atoms with Gasteiger partial charge in [-0.05, 0) is 45.9 Å². The van der Waals surface area contributed by atoms with Crippen LogP contribution in [-0.2, 0) is 17.5 Å². The van der Waals surface area contributed by atoms with Crippen LogP contribution >= 0.6 is 11.3 Å².